The number of aliphatic imine (C=N–C) groups is 1. The van der Waals surface area contributed by atoms with Gasteiger partial charge in [-0.15, -0.1) is 0 Å². The number of carbonyl (C=O) groups is 3. The van der Waals surface area contributed by atoms with Gasteiger partial charge in [-0.05, 0) is 25.7 Å². The third kappa shape index (κ3) is 6.30. The average molecular weight is 426 g/mol. The first-order chi connectivity index (χ1) is 14.2. The third-order valence-electron chi connectivity index (χ3n) is 4.52. The molecule has 0 aliphatic carbocycles. The van der Waals surface area contributed by atoms with E-state index >= 15 is 0 Å². The lowest BCUT2D eigenvalue weighted by Gasteiger charge is -2.24. The number of nitrogens with two attached hydrogens (primary N) is 3. The van der Waals surface area contributed by atoms with Gasteiger partial charge in [-0.3, -0.25) is 9.79 Å². The van der Waals surface area contributed by atoms with E-state index in [1.807, 2.05) is 0 Å². The van der Waals surface area contributed by atoms with E-state index in [4.69, 9.17) is 26.8 Å². The molecule has 0 spiro atoms. The molecule has 14 heteroatoms. The van der Waals surface area contributed by atoms with Crippen LogP contribution in [-0.2, 0) is 9.59 Å². The van der Waals surface area contributed by atoms with Crippen LogP contribution in [0.5, 0.6) is 0 Å². The Kier molecular flexibility index (Phi) is 7.91. The third-order valence-corrected chi connectivity index (χ3v) is 4.52. The van der Waals surface area contributed by atoms with Gasteiger partial charge in [-0.1, -0.05) is 5.16 Å². The average Bonchev–Trinajstić information content (AvgIpc) is 3.32. The predicted octanol–water partition coefficient (Wildman–Crippen LogP) is -1.10. The topological polar surface area (TPSA) is 236 Å². The molecule has 1 aliphatic rings. The maximum Gasteiger partial charge on any atom is 0.326 e. The molecule has 1 aromatic heterocycles. The fourth-order valence-electron chi connectivity index (χ4n) is 3.08. The van der Waals surface area contributed by atoms with Crippen LogP contribution in [0.15, 0.2) is 9.52 Å². The zero-order valence-corrected chi connectivity index (χ0v) is 16.2. The van der Waals surface area contributed by atoms with Gasteiger partial charge in [0.05, 0.1) is 12.5 Å². The lowest BCUT2D eigenvalue weighted by molar-refractivity contribution is -0.141. The van der Waals surface area contributed by atoms with Crippen LogP contribution in [0.3, 0.4) is 0 Å². The zero-order valence-electron chi connectivity index (χ0n) is 16.2. The number of carboxylic acids is 2. The Morgan fingerprint density at radius 2 is 2.07 bits per heavy atom. The van der Waals surface area contributed by atoms with E-state index in [2.05, 4.69) is 20.4 Å². The summed E-state index contributed by atoms with van der Waals surface area (Å²) in [5, 5.41) is 24.5. The van der Waals surface area contributed by atoms with E-state index in [0.717, 1.165) is 0 Å². The molecular formula is C16H26N8O6. The van der Waals surface area contributed by atoms with E-state index in [0.29, 0.717) is 32.2 Å². The lowest BCUT2D eigenvalue weighted by atomic mass is 10.1. The molecule has 3 atom stereocenters. The Hall–Kier alpha value is -3.42. The number of carboxylic acid groups (broad SMARTS) is 2. The number of urea groups is 1. The molecule has 0 unspecified atom stereocenters. The Morgan fingerprint density at radius 1 is 1.33 bits per heavy atom. The molecule has 9 N–H and O–H groups in total. The number of rotatable bonds is 10. The highest BCUT2D eigenvalue weighted by Crippen LogP contribution is 2.22. The van der Waals surface area contributed by atoms with Crippen molar-refractivity contribution in [2.24, 2.45) is 22.2 Å². The Morgan fingerprint density at radius 3 is 2.70 bits per heavy atom. The number of aromatic nitrogens is 2. The van der Waals surface area contributed by atoms with Crippen LogP contribution in [0.4, 0.5) is 4.79 Å². The monoisotopic (exact) mass is 426 g/mol. The standard InChI is InChI=1S/C16H26N8O6/c17-8(7-11(25)26)12-22-13(30-23-12)9(3-1-5-20-15(18)19)21-16(29)24-6-2-4-10(24)14(27)28/h8-10H,1-7,17H2,(H,21,29)(H,25,26)(H,27,28)(H4,18,19,20)/t8-,9-,10+/m0/s1. The summed E-state index contributed by atoms with van der Waals surface area (Å²) in [5.74, 6) is -2.26. The minimum absolute atomic E-state index is 0.0135. The predicted molar refractivity (Wildman–Crippen MR) is 102 cm³/mol. The second kappa shape index (κ2) is 10.4. The van der Waals surface area contributed by atoms with E-state index < -0.39 is 42.5 Å². The van der Waals surface area contributed by atoms with Crippen molar-refractivity contribution in [3.05, 3.63) is 11.7 Å². The fraction of sp³-hybridized carbons (Fsp3) is 0.625. The fourth-order valence-corrected chi connectivity index (χ4v) is 3.08. The number of carbonyl (C=O) groups excluding carboxylic acids is 1. The van der Waals surface area contributed by atoms with Crippen molar-refractivity contribution >= 4 is 23.9 Å². The van der Waals surface area contributed by atoms with E-state index in [1.165, 1.54) is 4.90 Å². The van der Waals surface area contributed by atoms with Gasteiger partial charge in [0.1, 0.15) is 12.1 Å². The molecule has 1 aliphatic heterocycles. The first-order valence-electron chi connectivity index (χ1n) is 9.35. The number of hydrogen-bond acceptors (Lipinski definition) is 8. The largest absolute Gasteiger partial charge is 0.481 e. The molecule has 30 heavy (non-hydrogen) atoms. The SMILES string of the molecule is NC(N)=NCCC[C@H](NC(=O)N1CCC[C@@H]1C(=O)O)c1nc([C@@H](N)CC(=O)O)no1. The summed E-state index contributed by atoms with van der Waals surface area (Å²) in [6.07, 6.45) is 1.31. The van der Waals surface area contributed by atoms with Crippen molar-refractivity contribution in [2.75, 3.05) is 13.1 Å². The Labute approximate surface area is 171 Å². The molecule has 0 aromatic carbocycles. The summed E-state index contributed by atoms with van der Waals surface area (Å²) in [6, 6.07) is -3.23. The molecular weight excluding hydrogens is 400 g/mol. The lowest BCUT2D eigenvalue weighted by Crippen LogP contribution is -2.47. The maximum atomic E-state index is 12.7. The minimum atomic E-state index is -1.12. The van der Waals surface area contributed by atoms with E-state index in [-0.39, 0.29) is 24.2 Å². The number of nitrogens with zero attached hydrogens (tertiary/aromatic N) is 4. The van der Waals surface area contributed by atoms with E-state index in [9.17, 15) is 19.5 Å². The van der Waals surface area contributed by atoms with Gasteiger partial charge in [0.2, 0.25) is 5.89 Å². The van der Waals surface area contributed by atoms with Gasteiger partial charge in [0.15, 0.2) is 11.8 Å². The maximum absolute atomic E-state index is 12.7. The number of guanidine groups is 1. The highest BCUT2D eigenvalue weighted by Gasteiger charge is 2.35. The Balaban J connectivity index is 2.13. The zero-order chi connectivity index (χ0) is 22.3. The van der Waals surface area contributed by atoms with Gasteiger partial charge in [0, 0.05) is 13.1 Å². The first kappa shape index (κ1) is 22.9. The summed E-state index contributed by atoms with van der Waals surface area (Å²) in [7, 11) is 0. The van der Waals surface area contributed by atoms with Crippen molar-refractivity contribution in [3.8, 4) is 0 Å². The van der Waals surface area contributed by atoms with Crippen molar-refractivity contribution in [3.63, 3.8) is 0 Å². The quantitative estimate of drug-likeness (QED) is 0.149. The number of amides is 2. The molecule has 14 nitrogen and oxygen atoms in total. The summed E-state index contributed by atoms with van der Waals surface area (Å²) >= 11 is 0. The van der Waals surface area contributed by atoms with Crippen molar-refractivity contribution < 1.29 is 29.1 Å². The van der Waals surface area contributed by atoms with E-state index in [1.54, 1.807) is 0 Å². The van der Waals surface area contributed by atoms with Crippen LogP contribution in [-0.4, -0.2) is 68.3 Å². The van der Waals surface area contributed by atoms with Crippen LogP contribution in [0.25, 0.3) is 0 Å². The van der Waals surface area contributed by atoms with Crippen LogP contribution >= 0.6 is 0 Å². The minimum Gasteiger partial charge on any atom is -0.481 e. The smallest absolute Gasteiger partial charge is 0.326 e. The van der Waals surface area contributed by atoms with Crippen LogP contribution in [0, 0.1) is 0 Å². The number of aliphatic carboxylic acids is 2. The summed E-state index contributed by atoms with van der Waals surface area (Å²) in [6.45, 7) is 0.595. The second-order valence-corrected chi connectivity index (χ2v) is 6.84. The highest BCUT2D eigenvalue weighted by molar-refractivity contribution is 5.83. The molecule has 0 bridgehead atoms. The molecule has 0 radical (unpaired) electrons. The van der Waals surface area contributed by atoms with Gasteiger partial charge >= 0.3 is 18.0 Å². The van der Waals surface area contributed by atoms with Crippen LogP contribution < -0.4 is 22.5 Å². The van der Waals surface area contributed by atoms with Gasteiger partial charge in [-0.25, -0.2) is 9.59 Å². The number of nitrogens with one attached hydrogen (secondary N) is 1. The second-order valence-electron chi connectivity index (χ2n) is 6.84. The molecule has 1 saturated heterocycles. The first-order valence-corrected chi connectivity index (χ1v) is 9.35. The van der Waals surface area contributed by atoms with Crippen molar-refractivity contribution in [1.29, 1.82) is 0 Å². The summed E-state index contributed by atoms with van der Waals surface area (Å²) in [4.78, 5) is 44.0. The Bertz CT molecular complexity index is 792. The van der Waals surface area contributed by atoms with Crippen molar-refractivity contribution in [2.45, 2.75) is 50.2 Å². The summed E-state index contributed by atoms with van der Waals surface area (Å²) in [5.41, 5.74) is 16.3. The molecule has 2 amide bonds. The van der Waals surface area contributed by atoms with Crippen LogP contribution in [0.1, 0.15) is 55.9 Å². The van der Waals surface area contributed by atoms with Crippen LogP contribution in [0.2, 0.25) is 0 Å². The molecule has 1 fully saturated rings. The molecule has 0 saturated carbocycles. The van der Waals surface area contributed by atoms with Gasteiger partial charge in [0.25, 0.3) is 0 Å². The molecule has 2 heterocycles. The highest BCUT2D eigenvalue weighted by atomic mass is 16.5. The van der Waals surface area contributed by atoms with Gasteiger partial charge < -0.3 is 42.2 Å². The molecule has 1 aromatic rings. The molecule has 166 valence electrons. The van der Waals surface area contributed by atoms with Gasteiger partial charge in [-0.2, -0.15) is 4.98 Å². The van der Waals surface area contributed by atoms with Crippen molar-refractivity contribution in [1.82, 2.24) is 20.4 Å². The number of hydrogen-bond donors (Lipinski definition) is 6. The summed E-state index contributed by atoms with van der Waals surface area (Å²) < 4.78 is 5.18. The molecule has 2 rings (SSSR count). The number of likely N-dealkylation sites (tertiary alicyclic amines) is 1. The normalized spacial score (nSPS) is 17.9.